The number of aryl methyl sites for hydroxylation is 1. The summed E-state index contributed by atoms with van der Waals surface area (Å²) in [6, 6.07) is 1.63. The standard InChI is InChI=1S/C16H16F3NO4/c1-7-6-10(24-3)15(23)12(13(7)21)14(22)9-4-5-11(16(17,18)19)20-8(9)2/h4-5,7,10,23H,6H2,1-3H3. The molecule has 24 heavy (non-hydrogen) atoms. The number of Topliss-reactive ketones (excluding diaryl/α,β-unsaturated/α-hetero) is 2. The van der Waals surface area contributed by atoms with E-state index in [2.05, 4.69) is 4.98 Å². The molecule has 0 bridgehead atoms. The Hall–Kier alpha value is -2.22. The summed E-state index contributed by atoms with van der Waals surface area (Å²) in [5.41, 5.74) is -1.92. The molecule has 0 aliphatic heterocycles. The van der Waals surface area contributed by atoms with Gasteiger partial charge in [0.15, 0.2) is 5.78 Å². The van der Waals surface area contributed by atoms with Gasteiger partial charge in [0.2, 0.25) is 5.78 Å². The van der Waals surface area contributed by atoms with Crippen molar-refractivity contribution < 1.29 is 32.6 Å². The van der Waals surface area contributed by atoms with Crippen LogP contribution in [0.3, 0.4) is 0 Å². The van der Waals surface area contributed by atoms with Gasteiger partial charge in [0.05, 0.1) is 0 Å². The Morgan fingerprint density at radius 2 is 2.00 bits per heavy atom. The number of hydrogen-bond donors (Lipinski definition) is 1. The second kappa shape index (κ2) is 6.35. The average molecular weight is 343 g/mol. The van der Waals surface area contributed by atoms with E-state index >= 15 is 0 Å². The van der Waals surface area contributed by atoms with Crippen molar-refractivity contribution in [2.45, 2.75) is 32.5 Å². The van der Waals surface area contributed by atoms with Gasteiger partial charge in [0.25, 0.3) is 0 Å². The lowest BCUT2D eigenvalue weighted by molar-refractivity contribution is -0.141. The smallest absolute Gasteiger partial charge is 0.433 e. The molecule has 1 heterocycles. The summed E-state index contributed by atoms with van der Waals surface area (Å²) in [4.78, 5) is 28.2. The monoisotopic (exact) mass is 343 g/mol. The third kappa shape index (κ3) is 3.19. The van der Waals surface area contributed by atoms with Crippen LogP contribution in [0.4, 0.5) is 13.2 Å². The normalized spacial score (nSPS) is 22.0. The maximum Gasteiger partial charge on any atom is 0.433 e. The second-order valence-corrected chi connectivity index (χ2v) is 5.64. The summed E-state index contributed by atoms with van der Waals surface area (Å²) in [5, 5.41) is 10.1. The molecule has 0 saturated heterocycles. The van der Waals surface area contributed by atoms with Gasteiger partial charge in [0, 0.05) is 24.3 Å². The van der Waals surface area contributed by atoms with Crippen molar-refractivity contribution in [2.24, 2.45) is 5.92 Å². The molecular formula is C16H16F3NO4. The van der Waals surface area contributed by atoms with E-state index in [0.29, 0.717) is 6.07 Å². The topological polar surface area (TPSA) is 76.5 Å². The zero-order valence-electron chi connectivity index (χ0n) is 13.3. The molecule has 1 aromatic heterocycles. The van der Waals surface area contributed by atoms with Crippen LogP contribution >= 0.6 is 0 Å². The minimum absolute atomic E-state index is 0.165. The summed E-state index contributed by atoms with van der Waals surface area (Å²) >= 11 is 0. The summed E-state index contributed by atoms with van der Waals surface area (Å²) in [6.07, 6.45) is -5.22. The van der Waals surface area contributed by atoms with Crippen molar-refractivity contribution in [2.75, 3.05) is 7.11 Å². The Balaban J connectivity index is 2.49. The highest BCUT2D eigenvalue weighted by atomic mass is 19.4. The van der Waals surface area contributed by atoms with E-state index in [9.17, 15) is 27.9 Å². The van der Waals surface area contributed by atoms with E-state index in [1.165, 1.54) is 14.0 Å². The zero-order valence-corrected chi connectivity index (χ0v) is 13.3. The minimum Gasteiger partial charge on any atom is -0.509 e. The molecule has 0 amide bonds. The number of ether oxygens (including phenoxy) is 1. The van der Waals surface area contributed by atoms with Crippen LogP contribution in [0.25, 0.3) is 0 Å². The summed E-state index contributed by atoms with van der Waals surface area (Å²) in [6.45, 7) is 2.83. The van der Waals surface area contributed by atoms with Crippen LogP contribution in [-0.4, -0.2) is 34.9 Å². The van der Waals surface area contributed by atoms with Gasteiger partial charge in [-0.2, -0.15) is 13.2 Å². The maximum atomic E-state index is 12.7. The number of aromatic nitrogens is 1. The van der Waals surface area contributed by atoms with E-state index in [1.54, 1.807) is 6.92 Å². The largest absolute Gasteiger partial charge is 0.509 e. The number of carbonyl (C=O) groups excluding carboxylic acids is 2. The SMILES string of the molecule is COC1CC(C)C(=O)C(C(=O)c2ccc(C(F)(F)F)nc2C)=C1O. The van der Waals surface area contributed by atoms with Crippen LogP contribution in [0, 0.1) is 12.8 Å². The number of allylic oxidation sites excluding steroid dienone is 1. The van der Waals surface area contributed by atoms with Crippen molar-refractivity contribution >= 4 is 11.6 Å². The van der Waals surface area contributed by atoms with E-state index in [1.807, 2.05) is 0 Å². The number of aliphatic hydroxyl groups is 1. The van der Waals surface area contributed by atoms with Crippen LogP contribution in [0.15, 0.2) is 23.5 Å². The Morgan fingerprint density at radius 1 is 1.38 bits per heavy atom. The number of halogens is 3. The predicted octanol–water partition coefficient (Wildman–Crippen LogP) is 3.03. The molecule has 130 valence electrons. The molecule has 8 heteroatoms. The lowest BCUT2D eigenvalue weighted by atomic mass is 9.82. The Bertz CT molecular complexity index is 725. The fraction of sp³-hybridized carbons (Fsp3) is 0.438. The molecule has 0 saturated carbocycles. The van der Waals surface area contributed by atoms with Crippen LogP contribution in [-0.2, 0) is 15.7 Å². The Labute approximate surface area is 136 Å². The molecule has 2 unspecified atom stereocenters. The van der Waals surface area contributed by atoms with Gasteiger partial charge in [-0.3, -0.25) is 9.59 Å². The third-order valence-corrected chi connectivity index (χ3v) is 3.96. The zero-order chi connectivity index (χ0) is 18.2. The fourth-order valence-electron chi connectivity index (χ4n) is 2.60. The number of ketones is 2. The van der Waals surface area contributed by atoms with Gasteiger partial charge in [-0.05, 0) is 25.5 Å². The van der Waals surface area contributed by atoms with Crippen molar-refractivity contribution in [3.8, 4) is 0 Å². The van der Waals surface area contributed by atoms with Gasteiger partial charge < -0.3 is 9.84 Å². The average Bonchev–Trinajstić information content (AvgIpc) is 2.49. The molecule has 0 radical (unpaired) electrons. The van der Waals surface area contributed by atoms with Crippen LogP contribution in [0.1, 0.15) is 35.1 Å². The van der Waals surface area contributed by atoms with Crippen LogP contribution < -0.4 is 0 Å². The number of carbonyl (C=O) groups is 2. The molecule has 2 rings (SSSR count). The number of rotatable bonds is 3. The second-order valence-electron chi connectivity index (χ2n) is 5.64. The van der Waals surface area contributed by atoms with Crippen molar-refractivity contribution in [3.05, 3.63) is 40.4 Å². The van der Waals surface area contributed by atoms with E-state index in [0.717, 1.165) is 6.07 Å². The quantitative estimate of drug-likeness (QED) is 0.674. The first-order valence-electron chi connectivity index (χ1n) is 7.17. The third-order valence-electron chi connectivity index (χ3n) is 3.96. The summed E-state index contributed by atoms with van der Waals surface area (Å²) < 4.78 is 43.0. The molecule has 0 spiro atoms. The van der Waals surface area contributed by atoms with Crippen molar-refractivity contribution in [3.63, 3.8) is 0 Å². The van der Waals surface area contributed by atoms with Gasteiger partial charge in [0.1, 0.15) is 23.1 Å². The number of nitrogens with zero attached hydrogens (tertiary/aromatic N) is 1. The van der Waals surface area contributed by atoms with E-state index in [-0.39, 0.29) is 17.7 Å². The lowest BCUT2D eigenvalue weighted by Crippen LogP contribution is -2.34. The molecule has 0 fully saturated rings. The highest BCUT2D eigenvalue weighted by molar-refractivity contribution is 6.27. The van der Waals surface area contributed by atoms with E-state index < -0.39 is 46.8 Å². The molecule has 1 aliphatic carbocycles. The van der Waals surface area contributed by atoms with E-state index in [4.69, 9.17) is 4.74 Å². The first-order valence-corrected chi connectivity index (χ1v) is 7.17. The van der Waals surface area contributed by atoms with Gasteiger partial charge >= 0.3 is 6.18 Å². The Morgan fingerprint density at radius 3 is 2.50 bits per heavy atom. The Kier molecular flexibility index (Phi) is 4.80. The molecule has 5 nitrogen and oxygen atoms in total. The highest BCUT2D eigenvalue weighted by Crippen LogP contribution is 2.31. The van der Waals surface area contributed by atoms with Crippen LogP contribution in [0.2, 0.25) is 0 Å². The maximum absolute atomic E-state index is 12.7. The number of pyridine rings is 1. The van der Waals surface area contributed by atoms with Gasteiger partial charge in [-0.1, -0.05) is 6.92 Å². The van der Waals surface area contributed by atoms with Gasteiger partial charge in [-0.15, -0.1) is 0 Å². The predicted molar refractivity (Wildman–Crippen MR) is 77.5 cm³/mol. The molecule has 1 aromatic rings. The number of hydrogen-bond acceptors (Lipinski definition) is 5. The number of methoxy groups -OCH3 is 1. The lowest BCUT2D eigenvalue weighted by Gasteiger charge is -2.26. The summed E-state index contributed by atoms with van der Waals surface area (Å²) in [5.74, 6) is -2.47. The van der Waals surface area contributed by atoms with Crippen molar-refractivity contribution in [1.29, 1.82) is 0 Å². The number of alkyl halides is 3. The fourth-order valence-corrected chi connectivity index (χ4v) is 2.60. The first kappa shape index (κ1) is 18.1. The van der Waals surface area contributed by atoms with Crippen LogP contribution in [0.5, 0.6) is 0 Å². The molecule has 0 aromatic carbocycles. The van der Waals surface area contributed by atoms with Gasteiger partial charge in [-0.25, -0.2) is 4.98 Å². The molecule has 1 aliphatic rings. The summed E-state index contributed by atoms with van der Waals surface area (Å²) in [7, 11) is 1.33. The first-order chi connectivity index (χ1) is 11.1. The molecule has 1 N–H and O–H groups in total. The highest BCUT2D eigenvalue weighted by Gasteiger charge is 2.39. The molecular weight excluding hydrogens is 327 g/mol. The minimum atomic E-state index is -4.63. The van der Waals surface area contributed by atoms with Crippen molar-refractivity contribution in [1.82, 2.24) is 4.98 Å². The number of aliphatic hydroxyl groups excluding tert-OH is 1. The molecule has 2 atom stereocenters.